The van der Waals surface area contributed by atoms with Crippen LogP contribution in [0.5, 0.6) is 0 Å². The van der Waals surface area contributed by atoms with Gasteiger partial charge in [-0.2, -0.15) is 0 Å². The van der Waals surface area contributed by atoms with Gasteiger partial charge >= 0.3 is 41.3 Å². The SMILES string of the molecule is CC(C)[C]1C=Cc2ccccc21.[Br][Ti][Br]. The molecule has 0 amide bonds. The third-order valence-electron chi connectivity index (χ3n) is 2.34. The Morgan fingerprint density at radius 3 is 2.27 bits per heavy atom. The van der Waals surface area contributed by atoms with Gasteiger partial charge in [0.05, 0.1) is 0 Å². The summed E-state index contributed by atoms with van der Waals surface area (Å²) < 4.78 is 0. The van der Waals surface area contributed by atoms with Gasteiger partial charge in [-0.15, -0.1) is 0 Å². The molecule has 1 aromatic rings. The third-order valence-corrected chi connectivity index (χ3v) is 2.34. The summed E-state index contributed by atoms with van der Waals surface area (Å²) in [7, 11) is 0. The zero-order valence-corrected chi connectivity index (χ0v) is 13.5. The molecule has 1 aromatic carbocycles. The Morgan fingerprint density at radius 1 is 1.07 bits per heavy atom. The number of fused-ring (bicyclic) bond motifs is 1. The van der Waals surface area contributed by atoms with Crippen LogP contribution in [0.4, 0.5) is 0 Å². The van der Waals surface area contributed by atoms with Crippen LogP contribution in [-0.4, -0.2) is 0 Å². The fraction of sp³-hybridized carbons (Fsp3) is 0.250. The van der Waals surface area contributed by atoms with E-state index in [0.717, 1.165) is 0 Å². The van der Waals surface area contributed by atoms with Gasteiger partial charge in [0.25, 0.3) is 0 Å². The number of halogens is 2. The first-order chi connectivity index (χ1) is 7.20. The van der Waals surface area contributed by atoms with Gasteiger partial charge in [-0.3, -0.25) is 0 Å². The summed E-state index contributed by atoms with van der Waals surface area (Å²) in [6, 6.07) is 8.56. The van der Waals surface area contributed by atoms with Crippen molar-refractivity contribution < 1.29 is 15.0 Å². The predicted octanol–water partition coefficient (Wildman–Crippen LogP) is 4.98. The van der Waals surface area contributed by atoms with E-state index in [2.05, 4.69) is 76.6 Å². The van der Waals surface area contributed by atoms with Crippen molar-refractivity contribution in [1.29, 1.82) is 0 Å². The standard InChI is InChI=1S/C12H13.2BrH.Ti/c1-9(2)11-8-7-10-5-3-4-6-12(10)11;;;/h3-9H,1-2H3;2*1H;/q;;;+2/p-2. The van der Waals surface area contributed by atoms with E-state index in [9.17, 15) is 0 Å². The number of benzene rings is 1. The molecule has 0 atom stereocenters. The van der Waals surface area contributed by atoms with Crippen LogP contribution >= 0.6 is 26.3 Å². The van der Waals surface area contributed by atoms with Gasteiger partial charge in [0.2, 0.25) is 0 Å². The first-order valence-electron chi connectivity index (χ1n) is 4.81. The molecule has 0 N–H and O–H groups in total. The second-order valence-electron chi connectivity index (χ2n) is 3.60. The van der Waals surface area contributed by atoms with Crippen LogP contribution in [0.1, 0.15) is 25.0 Å². The molecular weight excluding hydrogens is 352 g/mol. The summed E-state index contributed by atoms with van der Waals surface area (Å²) in [6.07, 6.45) is 4.43. The summed E-state index contributed by atoms with van der Waals surface area (Å²) >= 11 is 6.50. The Labute approximate surface area is 114 Å². The second-order valence-corrected chi connectivity index (χ2v) is 11.5. The molecule has 1 aliphatic carbocycles. The van der Waals surface area contributed by atoms with Crippen LogP contribution in [0, 0.1) is 11.8 Å². The molecular formula is C12H13Br2Ti. The zero-order chi connectivity index (χ0) is 11.3. The number of hydrogen-bond acceptors (Lipinski definition) is 0. The van der Waals surface area contributed by atoms with Crippen molar-refractivity contribution in [3.05, 3.63) is 47.4 Å². The van der Waals surface area contributed by atoms with E-state index in [-0.39, 0.29) is 15.0 Å². The number of rotatable bonds is 1. The quantitative estimate of drug-likeness (QED) is 0.616. The van der Waals surface area contributed by atoms with Crippen molar-refractivity contribution in [3.63, 3.8) is 0 Å². The van der Waals surface area contributed by atoms with Crippen LogP contribution in [0.15, 0.2) is 30.3 Å². The zero-order valence-electron chi connectivity index (χ0n) is 8.80. The van der Waals surface area contributed by atoms with E-state index in [1.807, 2.05) is 0 Å². The normalized spacial score (nSPS) is 13.4. The number of hydrogen-bond donors (Lipinski definition) is 0. The Hall–Kier alpha value is 0.634. The Balaban J connectivity index is 0.000000337. The van der Waals surface area contributed by atoms with Gasteiger partial charge in [0.15, 0.2) is 0 Å². The van der Waals surface area contributed by atoms with Crippen molar-refractivity contribution >= 4 is 32.4 Å². The molecule has 1 aliphatic rings. The van der Waals surface area contributed by atoms with Gasteiger partial charge in [0, 0.05) is 5.92 Å². The molecule has 0 bridgehead atoms. The van der Waals surface area contributed by atoms with E-state index in [1.165, 1.54) is 17.0 Å². The summed E-state index contributed by atoms with van der Waals surface area (Å²) in [5.41, 5.74) is 2.77. The minimum atomic E-state index is 0.125. The van der Waals surface area contributed by atoms with Crippen LogP contribution < -0.4 is 0 Å². The molecule has 0 nitrogen and oxygen atoms in total. The molecule has 0 unspecified atom stereocenters. The third kappa shape index (κ3) is 3.85. The van der Waals surface area contributed by atoms with Crippen molar-refractivity contribution in [2.75, 3.05) is 0 Å². The average molecular weight is 365 g/mol. The van der Waals surface area contributed by atoms with Crippen LogP contribution in [-0.2, 0) is 15.0 Å². The first kappa shape index (κ1) is 13.7. The van der Waals surface area contributed by atoms with Crippen molar-refractivity contribution in [2.24, 2.45) is 5.92 Å². The van der Waals surface area contributed by atoms with Crippen molar-refractivity contribution in [1.82, 2.24) is 0 Å². The van der Waals surface area contributed by atoms with Crippen LogP contribution in [0.3, 0.4) is 0 Å². The monoisotopic (exact) mass is 363 g/mol. The maximum atomic E-state index is 3.19. The molecule has 79 valence electrons. The van der Waals surface area contributed by atoms with Crippen molar-refractivity contribution in [2.45, 2.75) is 13.8 Å². The minimum absolute atomic E-state index is 0.125. The summed E-state index contributed by atoms with van der Waals surface area (Å²) in [5.74, 6) is 2.09. The molecule has 0 aliphatic heterocycles. The molecule has 3 heteroatoms. The molecule has 1 radical (unpaired) electrons. The Bertz CT molecular complexity index is 334. The van der Waals surface area contributed by atoms with Gasteiger partial charge in [0.1, 0.15) is 0 Å². The fourth-order valence-electron chi connectivity index (χ4n) is 1.68. The van der Waals surface area contributed by atoms with E-state index in [4.69, 9.17) is 0 Å². The topological polar surface area (TPSA) is 0 Å². The molecule has 0 saturated heterocycles. The second kappa shape index (κ2) is 7.06. The molecule has 0 fully saturated rings. The van der Waals surface area contributed by atoms with Crippen LogP contribution in [0.25, 0.3) is 6.08 Å². The molecule has 0 heterocycles. The summed E-state index contributed by atoms with van der Waals surface area (Å²) in [4.78, 5) is 0. The van der Waals surface area contributed by atoms with E-state index < -0.39 is 0 Å². The van der Waals surface area contributed by atoms with Crippen LogP contribution in [0.2, 0.25) is 0 Å². The molecule has 0 aromatic heterocycles. The molecule has 2 rings (SSSR count). The molecule has 15 heavy (non-hydrogen) atoms. The van der Waals surface area contributed by atoms with Gasteiger partial charge < -0.3 is 0 Å². The summed E-state index contributed by atoms with van der Waals surface area (Å²) in [6.45, 7) is 4.48. The predicted molar refractivity (Wildman–Crippen MR) is 70.5 cm³/mol. The van der Waals surface area contributed by atoms with Gasteiger partial charge in [-0.1, -0.05) is 50.3 Å². The Morgan fingerprint density at radius 2 is 1.67 bits per heavy atom. The molecule has 0 saturated carbocycles. The fourth-order valence-corrected chi connectivity index (χ4v) is 1.68. The van der Waals surface area contributed by atoms with Gasteiger partial charge in [-0.25, -0.2) is 0 Å². The van der Waals surface area contributed by atoms with E-state index in [0.29, 0.717) is 5.92 Å². The number of allylic oxidation sites excluding steroid dienone is 1. The maximum absolute atomic E-state index is 3.19. The molecule has 0 spiro atoms. The van der Waals surface area contributed by atoms with Crippen molar-refractivity contribution in [3.8, 4) is 0 Å². The first-order valence-corrected chi connectivity index (χ1v) is 12.5. The van der Waals surface area contributed by atoms with E-state index in [1.54, 1.807) is 0 Å². The van der Waals surface area contributed by atoms with E-state index >= 15 is 0 Å². The Kier molecular flexibility index (Phi) is 6.44. The summed E-state index contributed by atoms with van der Waals surface area (Å²) in [5, 5.41) is 0. The van der Waals surface area contributed by atoms with Gasteiger partial charge in [-0.05, 0) is 17.0 Å². The average Bonchev–Trinajstić information content (AvgIpc) is 2.62.